The normalized spacial score (nSPS) is 11.0. The minimum absolute atomic E-state index is 0.495. The van der Waals surface area contributed by atoms with Crippen LogP contribution in [0.15, 0.2) is 53.3 Å². The first-order valence-corrected chi connectivity index (χ1v) is 7.69. The molecule has 0 bridgehead atoms. The Morgan fingerprint density at radius 3 is 2.83 bits per heavy atom. The average molecular weight is 311 g/mol. The SMILES string of the molecule is Cc1[nH]ncc1CNCc1cccc(COCc2ccco2)c1. The lowest BCUT2D eigenvalue weighted by Crippen LogP contribution is -2.13. The van der Waals surface area contributed by atoms with Crippen molar-refractivity contribution in [2.24, 2.45) is 0 Å². The van der Waals surface area contributed by atoms with Gasteiger partial charge in [-0.1, -0.05) is 24.3 Å². The molecule has 0 atom stereocenters. The largest absolute Gasteiger partial charge is 0.467 e. The van der Waals surface area contributed by atoms with Crippen LogP contribution in [0.1, 0.15) is 28.1 Å². The van der Waals surface area contributed by atoms with Gasteiger partial charge in [0.2, 0.25) is 0 Å². The van der Waals surface area contributed by atoms with Gasteiger partial charge in [0, 0.05) is 24.3 Å². The monoisotopic (exact) mass is 311 g/mol. The van der Waals surface area contributed by atoms with Crippen molar-refractivity contribution in [3.05, 3.63) is 77.0 Å². The number of aromatic nitrogens is 2. The Kier molecular flexibility index (Phi) is 5.24. The number of nitrogens with one attached hydrogen (secondary N) is 2. The summed E-state index contributed by atoms with van der Waals surface area (Å²) in [6, 6.07) is 12.2. The first-order valence-electron chi connectivity index (χ1n) is 7.69. The Balaban J connectivity index is 1.46. The molecule has 5 heteroatoms. The highest BCUT2D eigenvalue weighted by Crippen LogP contribution is 2.10. The maximum Gasteiger partial charge on any atom is 0.129 e. The van der Waals surface area contributed by atoms with Crippen LogP contribution in [0.2, 0.25) is 0 Å². The topological polar surface area (TPSA) is 63.1 Å². The van der Waals surface area contributed by atoms with E-state index in [2.05, 4.69) is 39.8 Å². The highest BCUT2D eigenvalue weighted by molar-refractivity contribution is 5.23. The summed E-state index contributed by atoms with van der Waals surface area (Å²) in [5.74, 6) is 0.846. The molecule has 2 heterocycles. The van der Waals surface area contributed by atoms with Crippen LogP contribution in [-0.4, -0.2) is 10.2 Å². The molecular weight excluding hydrogens is 290 g/mol. The van der Waals surface area contributed by atoms with Crippen LogP contribution in [0.25, 0.3) is 0 Å². The minimum Gasteiger partial charge on any atom is -0.467 e. The first kappa shape index (κ1) is 15.5. The summed E-state index contributed by atoms with van der Waals surface area (Å²) in [4.78, 5) is 0. The smallest absolute Gasteiger partial charge is 0.129 e. The van der Waals surface area contributed by atoms with Gasteiger partial charge < -0.3 is 14.5 Å². The van der Waals surface area contributed by atoms with E-state index in [0.29, 0.717) is 13.2 Å². The average Bonchev–Trinajstić information content (AvgIpc) is 3.20. The summed E-state index contributed by atoms with van der Waals surface area (Å²) >= 11 is 0. The van der Waals surface area contributed by atoms with Gasteiger partial charge in [-0.2, -0.15) is 5.10 Å². The first-order chi connectivity index (χ1) is 11.3. The summed E-state index contributed by atoms with van der Waals surface area (Å²) in [7, 11) is 0. The third kappa shape index (κ3) is 4.55. The van der Waals surface area contributed by atoms with E-state index in [0.717, 1.165) is 30.1 Å². The van der Waals surface area contributed by atoms with E-state index in [-0.39, 0.29) is 0 Å². The molecule has 0 radical (unpaired) electrons. The number of rotatable bonds is 8. The molecule has 0 unspecified atom stereocenters. The second kappa shape index (κ2) is 7.76. The zero-order chi connectivity index (χ0) is 15.9. The summed E-state index contributed by atoms with van der Waals surface area (Å²) in [5.41, 5.74) is 4.71. The molecule has 0 aliphatic rings. The number of nitrogens with zero attached hydrogens (tertiary/aromatic N) is 1. The van der Waals surface area contributed by atoms with Crippen molar-refractivity contribution in [1.82, 2.24) is 15.5 Å². The van der Waals surface area contributed by atoms with Crippen LogP contribution in [0.4, 0.5) is 0 Å². The lowest BCUT2D eigenvalue weighted by atomic mass is 10.1. The second-order valence-electron chi connectivity index (χ2n) is 5.52. The number of H-pyrrole nitrogens is 1. The molecule has 0 fully saturated rings. The van der Waals surface area contributed by atoms with E-state index in [9.17, 15) is 0 Å². The number of benzene rings is 1. The van der Waals surface area contributed by atoms with Crippen LogP contribution in [0.5, 0.6) is 0 Å². The maximum absolute atomic E-state index is 5.67. The number of ether oxygens (including phenoxy) is 1. The van der Waals surface area contributed by atoms with Gasteiger partial charge in [0.05, 0.1) is 19.1 Å². The van der Waals surface area contributed by atoms with Crippen molar-refractivity contribution in [2.75, 3.05) is 0 Å². The number of hydrogen-bond acceptors (Lipinski definition) is 4. The third-order valence-corrected chi connectivity index (χ3v) is 3.66. The molecule has 120 valence electrons. The molecule has 5 nitrogen and oxygen atoms in total. The summed E-state index contributed by atoms with van der Waals surface area (Å²) in [6.07, 6.45) is 3.52. The lowest BCUT2D eigenvalue weighted by Gasteiger charge is -2.07. The van der Waals surface area contributed by atoms with Crippen LogP contribution < -0.4 is 5.32 Å². The second-order valence-corrected chi connectivity index (χ2v) is 5.52. The zero-order valence-electron chi connectivity index (χ0n) is 13.2. The van der Waals surface area contributed by atoms with E-state index in [1.807, 2.05) is 25.3 Å². The van der Waals surface area contributed by atoms with Crippen LogP contribution in [0.3, 0.4) is 0 Å². The third-order valence-electron chi connectivity index (χ3n) is 3.66. The molecule has 3 aromatic rings. The van der Waals surface area contributed by atoms with Gasteiger partial charge in [-0.25, -0.2) is 0 Å². The molecule has 2 N–H and O–H groups in total. The van der Waals surface area contributed by atoms with Gasteiger partial charge in [-0.3, -0.25) is 5.10 Å². The molecule has 0 spiro atoms. The number of aromatic amines is 1. The van der Waals surface area contributed by atoms with E-state index in [4.69, 9.17) is 9.15 Å². The van der Waals surface area contributed by atoms with Gasteiger partial charge >= 0.3 is 0 Å². The fourth-order valence-electron chi connectivity index (χ4n) is 2.39. The predicted octanol–water partition coefficient (Wildman–Crippen LogP) is 3.32. The summed E-state index contributed by atoms with van der Waals surface area (Å²) < 4.78 is 10.9. The van der Waals surface area contributed by atoms with Crippen molar-refractivity contribution >= 4 is 0 Å². The molecule has 0 aliphatic heterocycles. The fraction of sp³-hybridized carbons (Fsp3) is 0.278. The Hall–Kier alpha value is -2.37. The molecular formula is C18H21N3O2. The van der Waals surface area contributed by atoms with Crippen LogP contribution in [-0.2, 0) is 31.0 Å². The summed E-state index contributed by atoms with van der Waals surface area (Å²) in [5, 5.41) is 10.4. The number of hydrogen-bond donors (Lipinski definition) is 2. The molecule has 1 aromatic carbocycles. The highest BCUT2D eigenvalue weighted by Gasteiger charge is 2.01. The molecule has 2 aromatic heterocycles. The number of aryl methyl sites for hydroxylation is 1. The Labute approximate surface area is 135 Å². The van der Waals surface area contributed by atoms with Gasteiger partial charge in [0.1, 0.15) is 12.4 Å². The van der Waals surface area contributed by atoms with E-state index in [1.165, 1.54) is 11.1 Å². The van der Waals surface area contributed by atoms with Crippen molar-refractivity contribution < 1.29 is 9.15 Å². The quantitative estimate of drug-likeness (QED) is 0.670. The fourth-order valence-corrected chi connectivity index (χ4v) is 2.39. The van der Waals surface area contributed by atoms with E-state index < -0.39 is 0 Å². The van der Waals surface area contributed by atoms with Gasteiger partial charge in [0.25, 0.3) is 0 Å². The van der Waals surface area contributed by atoms with Gasteiger partial charge in [-0.15, -0.1) is 0 Å². The minimum atomic E-state index is 0.495. The molecule has 0 saturated carbocycles. The Morgan fingerprint density at radius 1 is 1.13 bits per heavy atom. The lowest BCUT2D eigenvalue weighted by molar-refractivity contribution is 0.0929. The molecule has 23 heavy (non-hydrogen) atoms. The predicted molar refractivity (Wildman–Crippen MR) is 87.5 cm³/mol. The molecule has 0 aliphatic carbocycles. The van der Waals surface area contributed by atoms with Crippen LogP contribution >= 0.6 is 0 Å². The zero-order valence-corrected chi connectivity index (χ0v) is 13.2. The van der Waals surface area contributed by atoms with Crippen molar-refractivity contribution in [2.45, 2.75) is 33.2 Å². The Bertz CT molecular complexity index is 719. The van der Waals surface area contributed by atoms with E-state index >= 15 is 0 Å². The van der Waals surface area contributed by atoms with Crippen molar-refractivity contribution in [1.29, 1.82) is 0 Å². The molecule has 3 rings (SSSR count). The number of furan rings is 1. The standard InChI is InChI=1S/C18H21N3O2/c1-14-17(11-20-21-14)10-19-9-15-4-2-5-16(8-15)12-22-13-18-6-3-7-23-18/h2-8,11,19H,9-10,12-13H2,1H3,(H,20,21). The van der Waals surface area contributed by atoms with Gasteiger partial charge in [0.15, 0.2) is 0 Å². The Morgan fingerprint density at radius 2 is 2.04 bits per heavy atom. The van der Waals surface area contributed by atoms with Gasteiger partial charge in [-0.05, 0) is 30.2 Å². The highest BCUT2D eigenvalue weighted by atomic mass is 16.5. The van der Waals surface area contributed by atoms with E-state index in [1.54, 1.807) is 6.26 Å². The molecule has 0 amide bonds. The van der Waals surface area contributed by atoms with Crippen molar-refractivity contribution in [3.63, 3.8) is 0 Å². The summed E-state index contributed by atoms with van der Waals surface area (Å²) in [6.45, 7) is 4.73. The van der Waals surface area contributed by atoms with Crippen molar-refractivity contribution in [3.8, 4) is 0 Å². The van der Waals surface area contributed by atoms with Crippen LogP contribution in [0, 0.1) is 6.92 Å². The molecule has 0 saturated heterocycles. The maximum atomic E-state index is 5.67.